The molecule has 3 N–H and O–H groups in total. The lowest BCUT2D eigenvalue weighted by Gasteiger charge is -2.34. The first-order valence-electron chi connectivity index (χ1n) is 4.92. The van der Waals surface area contributed by atoms with E-state index in [1.54, 1.807) is 7.05 Å². The zero-order valence-electron chi connectivity index (χ0n) is 8.25. The van der Waals surface area contributed by atoms with Crippen LogP contribution in [0.4, 0.5) is 0 Å². The molecular weight excluding hydrogens is 166 g/mol. The molecule has 0 spiro atoms. The minimum Gasteiger partial charge on any atom is -0.358 e. The molecule has 13 heavy (non-hydrogen) atoms. The van der Waals surface area contributed by atoms with Gasteiger partial charge in [-0.25, -0.2) is 0 Å². The number of nitrogens with two attached hydrogens (primary N) is 1. The van der Waals surface area contributed by atoms with Crippen LogP contribution in [-0.4, -0.2) is 43.5 Å². The number of amides is 1. The van der Waals surface area contributed by atoms with Crippen molar-refractivity contribution >= 4 is 5.91 Å². The molecule has 0 aromatic heterocycles. The molecular formula is C9H19N3O. The second-order valence-electron chi connectivity index (χ2n) is 3.53. The summed E-state index contributed by atoms with van der Waals surface area (Å²) in [5.74, 6) is 0.0837. The SMILES string of the molecule is CNC(=O)CN1CCCCC1CN. The first-order valence-corrected chi connectivity index (χ1v) is 4.92. The van der Waals surface area contributed by atoms with Gasteiger partial charge < -0.3 is 11.1 Å². The minimum atomic E-state index is 0.0837. The van der Waals surface area contributed by atoms with Crippen molar-refractivity contribution in [1.82, 2.24) is 10.2 Å². The van der Waals surface area contributed by atoms with Crippen molar-refractivity contribution < 1.29 is 4.79 Å². The van der Waals surface area contributed by atoms with E-state index in [4.69, 9.17) is 5.73 Å². The highest BCUT2D eigenvalue weighted by molar-refractivity contribution is 5.77. The van der Waals surface area contributed by atoms with Gasteiger partial charge >= 0.3 is 0 Å². The topological polar surface area (TPSA) is 58.4 Å². The Kier molecular flexibility index (Phi) is 4.18. The van der Waals surface area contributed by atoms with E-state index in [9.17, 15) is 4.79 Å². The van der Waals surface area contributed by atoms with Crippen molar-refractivity contribution in [2.75, 3.05) is 26.7 Å². The lowest BCUT2D eigenvalue weighted by molar-refractivity contribution is -0.122. The summed E-state index contributed by atoms with van der Waals surface area (Å²) in [4.78, 5) is 13.3. The predicted molar refractivity (Wildman–Crippen MR) is 52.3 cm³/mol. The van der Waals surface area contributed by atoms with E-state index < -0.39 is 0 Å². The average Bonchev–Trinajstić information content (AvgIpc) is 2.18. The summed E-state index contributed by atoms with van der Waals surface area (Å²) in [7, 11) is 1.67. The van der Waals surface area contributed by atoms with E-state index >= 15 is 0 Å². The Balaban J connectivity index is 2.40. The van der Waals surface area contributed by atoms with Gasteiger partial charge in [0.1, 0.15) is 0 Å². The predicted octanol–water partition coefficient (Wildman–Crippen LogP) is -0.454. The first kappa shape index (κ1) is 10.5. The number of nitrogens with zero attached hydrogens (tertiary/aromatic N) is 1. The number of hydrogen-bond acceptors (Lipinski definition) is 3. The maximum atomic E-state index is 11.1. The number of nitrogens with one attached hydrogen (secondary N) is 1. The maximum Gasteiger partial charge on any atom is 0.233 e. The maximum absolute atomic E-state index is 11.1. The van der Waals surface area contributed by atoms with Crippen LogP contribution in [0.5, 0.6) is 0 Å². The van der Waals surface area contributed by atoms with Crippen molar-refractivity contribution in [3.63, 3.8) is 0 Å². The van der Waals surface area contributed by atoms with Gasteiger partial charge in [-0.1, -0.05) is 6.42 Å². The zero-order chi connectivity index (χ0) is 9.68. The van der Waals surface area contributed by atoms with E-state index in [0.717, 1.165) is 13.0 Å². The van der Waals surface area contributed by atoms with Gasteiger partial charge in [-0.15, -0.1) is 0 Å². The summed E-state index contributed by atoms with van der Waals surface area (Å²) in [6.07, 6.45) is 3.56. The molecule has 1 aliphatic rings. The normalized spacial score (nSPS) is 24.3. The fraction of sp³-hybridized carbons (Fsp3) is 0.889. The molecule has 1 aliphatic heterocycles. The standard InChI is InChI=1S/C9H19N3O/c1-11-9(13)7-12-5-3-2-4-8(12)6-10/h8H,2-7,10H2,1H3,(H,11,13). The Morgan fingerprint density at radius 1 is 1.62 bits per heavy atom. The van der Waals surface area contributed by atoms with Crippen LogP contribution in [0.2, 0.25) is 0 Å². The Labute approximate surface area is 79.5 Å². The molecule has 4 nitrogen and oxygen atoms in total. The van der Waals surface area contributed by atoms with E-state index in [-0.39, 0.29) is 5.91 Å². The molecule has 0 radical (unpaired) electrons. The number of carbonyl (C=O) groups is 1. The molecule has 1 heterocycles. The number of rotatable bonds is 3. The molecule has 1 unspecified atom stereocenters. The third-order valence-corrected chi connectivity index (χ3v) is 2.65. The molecule has 0 aromatic rings. The molecule has 0 saturated carbocycles. The second-order valence-corrected chi connectivity index (χ2v) is 3.53. The van der Waals surface area contributed by atoms with Crippen molar-refractivity contribution in [2.45, 2.75) is 25.3 Å². The summed E-state index contributed by atoms with van der Waals surface area (Å²) in [6.45, 7) is 2.17. The summed E-state index contributed by atoms with van der Waals surface area (Å²) >= 11 is 0. The van der Waals surface area contributed by atoms with E-state index in [2.05, 4.69) is 10.2 Å². The van der Waals surface area contributed by atoms with E-state index in [0.29, 0.717) is 19.1 Å². The molecule has 0 aliphatic carbocycles. The third-order valence-electron chi connectivity index (χ3n) is 2.65. The fourth-order valence-corrected chi connectivity index (χ4v) is 1.80. The summed E-state index contributed by atoms with van der Waals surface area (Å²) in [5, 5.41) is 2.64. The number of hydrogen-bond donors (Lipinski definition) is 2. The first-order chi connectivity index (χ1) is 6.27. The van der Waals surface area contributed by atoms with Crippen molar-refractivity contribution in [3.8, 4) is 0 Å². The highest BCUT2D eigenvalue weighted by atomic mass is 16.1. The quantitative estimate of drug-likeness (QED) is 0.626. The lowest BCUT2D eigenvalue weighted by atomic mass is 10.0. The molecule has 4 heteroatoms. The number of carbonyl (C=O) groups excluding carboxylic acids is 1. The zero-order valence-corrected chi connectivity index (χ0v) is 8.25. The van der Waals surface area contributed by atoms with Crippen LogP contribution in [-0.2, 0) is 4.79 Å². The molecule has 0 aromatic carbocycles. The van der Waals surface area contributed by atoms with Crippen LogP contribution in [0, 0.1) is 0 Å². The highest BCUT2D eigenvalue weighted by Crippen LogP contribution is 2.15. The van der Waals surface area contributed by atoms with Gasteiger partial charge in [-0.3, -0.25) is 9.69 Å². The average molecular weight is 185 g/mol. The number of likely N-dealkylation sites (N-methyl/N-ethyl adjacent to an activating group) is 1. The van der Waals surface area contributed by atoms with Crippen LogP contribution in [0.3, 0.4) is 0 Å². The molecule has 76 valence electrons. The third kappa shape index (κ3) is 2.97. The summed E-state index contributed by atoms with van der Waals surface area (Å²) in [6, 6.07) is 0.408. The second kappa shape index (κ2) is 5.19. The molecule has 1 rings (SSSR count). The van der Waals surface area contributed by atoms with Crippen LogP contribution >= 0.6 is 0 Å². The van der Waals surface area contributed by atoms with Gasteiger partial charge in [-0.05, 0) is 19.4 Å². The van der Waals surface area contributed by atoms with Crippen molar-refractivity contribution in [1.29, 1.82) is 0 Å². The number of piperidine rings is 1. The van der Waals surface area contributed by atoms with Crippen molar-refractivity contribution in [3.05, 3.63) is 0 Å². The Morgan fingerprint density at radius 2 is 2.38 bits per heavy atom. The molecule has 1 saturated heterocycles. The molecule has 1 atom stereocenters. The van der Waals surface area contributed by atoms with Crippen LogP contribution in [0.25, 0.3) is 0 Å². The Hall–Kier alpha value is -0.610. The fourth-order valence-electron chi connectivity index (χ4n) is 1.80. The van der Waals surface area contributed by atoms with Gasteiger partial charge in [0.2, 0.25) is 5.91 Å². The minimum absolute atomic E-state index is 0.0837. The van der Waals surface area contributed by atoms with Gasteiger partial charge in [0.15, 0.2) is 0 Å². The van der Waals surface area contributed by atoms with E-state index in [1.807, 2.05) is 0 Å². The monoisotopic (exact) mass is 185 g/mol. The summed E-state index contributed by atoms with van der Waals surface area (Å²) in [5.41, 5.74) is 5.64. The van der Waals surface area contributed by atoms with Gasteiger partial charge in [-0.2, -0.15) is 0 Å². The highest BCUT2D eigenvalue weighted by Gasteiger charge is 2.22. The van der Waals surface area contributed by atoms with Crippen molar-refractivity contribution in [2.24, 2.45) is 5.73 Å². The molecule has 0 bridgehead atoms. The molecule has 1 amide bonds. The largest absolute Gasteiger partial charge is 0.358 e. The van der Waals surface area contributed by atoms with E-state index in [1.165, 1.54) is 12.8 Å². The van der Waals surface area contributed by atoms with Gasteiger partial charge in [0.25, 0.3) is 0 Å². The van der Waals surface area contributed by atoms with Crippen LogP contribution < -0.4 is 11.1 Å². The smallest absolute Gasteiger partial charge is 0.233 e. The van der Waals surface area contributed by atoms with Crippen LogP contribution in [0.15, 0.2) is 0 Å². The van der Waals surface area contributed by atoms with Gasteiger partial charge in [0, 0.05) is 19.6 Å². The number of likely N-dealkylation sites (tertiary alicyclic amines) is 1. The van der Waals surface area contributed by atoms with Crippen LogP contribution in [0.1, 0.15) is 19.3 Å². The lowest BCUT2D eigenvalue weighted by Crippen LogP contribution is -2.48. The van der Waals surface area contributed by atoms with Gasteiger partial charge in [0.05, 0.1) is 6.54 Å². The summed E-state index contributed by atoms with van der Waals surface area (Å²) < 4.78 is 0. The Bertz CT molecular complexity index is 172. The molecule has 1 fully saturated rings. The Morgan fingerprint density at radius 3 is 3.00 bits per heavy atom.